The summed E-state index contributed by atoms with van der Waals surface area (Å²) in [5, 5.41) is 2.71. The highest BCUT2D eigenvalue weighted by Crippen LogP contribution is 2.24. The van der Waals surface area contributed by atoms with Gasteiger partial charge >= 0.3 is 0 Å². The largest absolute Gasteiger partial charge is 0.379 e. The number of nitrogens with zero attached hydrogens (tertiary/aromatic N) is 2. The number of sulfonamides is 2. The molecule has 1 fully saturated rings. The van der Waals surface area contributed by atoms with Crippen LogP contribution in [0.1, 0.15) is 18.9 Å². The smallest absolute Gasteiger partial charge is 0.248 e. The van der Waals surface area contributed by atoms with Crippen molar-refractivity contribution in [3.63, 3.8) is 0 Å². The zero-order valence-electron chi connectivity index (χ0n) is 18.9. The normalized spacial score (nSPS) is 16.2. The fourth-order valence-corrected chi connectivity index (χ4v) is 6.24. The number of hydrogen-bond acceptors (Lipinski definition) is 6. The van der Waals surface area contributed by atoms with Gasteiger partial charge in [0.05, 0.1) is 30.1 Å². The molecule has 0 aliphatic carbocycles. The van der Waals surface area contributed by atoms with E-state index in [0.29, 0.717) is 37.7 Å². The summed E-state index contributed by atoms with van der Waals surface area (Å²) in [4.78, 5) is 13.2. The predicted octanol–water partition coefficient (Wildman–Crippen LogP) is 2.20. The molecule has 0 saturated carbocycles. The van der Waals surface area contributed by atoms with Crippen LogP contribution in [0.4, 0.5) is 11.4 Å². The van der Waals surface area contributed by atoms with Gasteiger partial charge in [0.2, 0.25) is 26.0 Å². The summed E-state index contributed by atoms with van der Waals surface area (Å²) in [6.45, 7) is 4.90. The second-order valence-electron chi connectivity index (χ2n) is 7.85. The van der Waals surface area contributed by atoms with E-state index in [1.165, 1.54) is 28.6 Å². The molecule has 180 valence electrons. The maximum Gasteiger partial charge on any atom is 0.248 e. The van der Waals surface area contributed by atoms with E-state index in [0.717, 1.165) is 16.1 Å². The van der Waals surface area contributed by atoms with E-state index < -0.39 is 32.0 Å². The summed E-state index contributed by atoms with van der Waals surface area (Å²) in [7, 11) is -7.39. The first-order valence-electron chi connectivity index (χ1n) is 10.6. The molecule has 1 aliphatic rings. The first-order chi connectivity index (χ1) is 15.5. The monoisotopic (exact) mass is 495 g/mol. The number of benzene rings is 2. The Kier molecular flexibility index (Phi) is 7.78. The van der Waals surface area contributed by atoms with E-state index in [1.807, 2.05) is 6.92 Å². The van der Waals surface area contributed by atoms with Gasteiger partial charge in [-0.05, 0) is 49.7 Å². The number of rotatable bonds is 8. The number of aryl methyl sites for hydroxylation is 1. The Morgan fingerprint density at radius 1 is 1.03 bits per heavy atom. The highest BCUT2D eigenvalue weighted by Gasteiger charge is 2.32. The van der Waals surface area contributed by atoms with Crippen molar-refractivity contribution in [2.45, 2.75) is 31.2 Å². The molecule has 0 aromatic heterocycles. The van der Waals surface area contributed by atoms with E-state index in [1.54, 1.807) is 31.2 Å². The van der Waals surface area contributed by atoms with Crippen molar-refractivity contribution < 1.29 is 26.4 Å². The van der Waals surface area contributed by atoms with Crippen molar-refractivity contribution in [3.05, 3.63) is 54.1 Å². The van der Waals surface area contributed by atoms with Crippen molar-refractivity contribution in [3.8, 4) is 0 Å². The van der Waals surface area contributed by atoms with Crippen molar-refractivity contribution >= 4 is 37.3 Å². The van der Waals surface area contributed by atoms with Crippen LogP contribution in [0.3, 0.4) is 0 Å². The van der Waals surface area contributed by atoms with E-state index in [-0.39, 0.29) is 11.3 Å². The Balaban J connectivity index is 1.80. The molecule has 0 bridgehead atoms. The molecule has 1 heterocycles. The Morgan fingerprint density at radius 3 is 2.12 bits per heavy atom. The lowest BCUT2D eigenvalue weighted by atomic mass is 10.1. The molecule has 3 rings (SSSR count). The topological polar surface area (TPSA) is 113 Å². The highest BCUT2D eigenvalue weighted by molar-refractivity contribution is 7.92. The summed E-state index contributed by atoms with van der Waals surface area (Å²) >= 11 is 0. The number of carbonyl (C=O) groups is 1. The van der Waals surface area contributed by atoms with Crippen LogP contribution in [0, 0.1) is 6.92 Å². The maximum atomic E-state index is 13.0. The number of nitrogens with one attached hydrogen (secondary N) is 1. The van der Waals surface area contributed by atoms with Crippen LogP contribution in [0.25, 0.3) is 0 Å². The lowest BCUT2D eigenvalue weighted by Crippen LogP contribution is -2.47. The predicted molar refractivity (Wildman–Crippen MR) is 127 cm³/mol. The third-order valence-corrected chi connectivity index (χ3v) is 8.44. The molecule has 1 N–H and O–H groups in total. The Hall–Kier alpha value is -2.47. The quantitative estimate of drug-likeness (QED) is 0.601. The van der Waals surface area contributed by atoms with Crippen LogP contribution in [-0.4, -0.2) is 65.6 Å². The van der Waals surface area contributed by atoms with E-state index in [4.69, 9.17) is 4.74 Å². The number of carbonyl (C=O) groups excluding carboxylic acids is 1. The molecule has 1 amide bonds. The minimum Gasteiger partial charge on any atom is -0.379 e. The third kappa shape index (κ3) is 5.91. The summed E-state index contributed by atoms with van der Waals surface area (Å²) in [5.41, 5.74) is 1.74. The molecule has 1 saturated heterocycles. The van der Waals surface area contributed by atoms with Crippen LogP contribution in [0.5, 0.6) is 0 Å². The SMILES string of the molecule is CC[C@H](C(=O)Nc1ccc(S(=O)(=O)N2CCOCC2)cc1)N(c1ccc(C)cc1)S(C)(=O)=O. The minimum absolute atomic E-state index is 0.117. The van der Waals surface area contributed by atoms with Crippen LogP contribution in [0.15, 0.2) is 53.4 Å². The van der Waals surface area contributed by atoms with Gasteiger partial charge in [-0.1, -0.05) is 24.6 Å². The molecule has 0 unspecified atom stereocenters. The standard InChI is InChI=1S/C22H29N3O6S2/c1-4-21(25(32(3,27)28)19-9-5-17(2)6-10-19)22(26)23-18-7-11-20(12-8-18)33(29,30)24-13-15-31-16-14-24/h5-12,21H,4,13-16H2,1-3H3,(H,23,26)/t21-/m1/s1. The fraction of sp³-hybridized carbons (Fsp3) is 0.409. The average molecular weight is 496 g/mol. The van der Waals surface area contributed by atoms with Crippen molar-refractivity contribution in [2.24, 2.45) is 0 Å². The van der Waals surface area contributed by atoms with Gasteiger partial charge in [-0.2, -0.15) is 4.31 Å². The van der Waals surface area contributed by atoms with E-state index in [9.17, 15) is 21.6 Å². The number of morpholine rings is 1. The summed E-state index contributed by atoms with van der Waals surface area (Å²) in [5.74, 6) is -0.507. The lowest BCUT2D eigenvalue weighted by molar-refractivity contribution is -0.117. The number of anilines is 2. The average Bonchev–Trinajstić information content (AvgIpc) is 2.78. The van der Waals surface area contributed by atoms with Gasteiger partial charge in [-0.25, -0.2) is 16.8 Å². The van der Waals surface area contributed by atoms with Crippen LogP contribution in [0.2, 0.25) is 0 Å². The molecule has 1 atom stereocenters. The summed E-state index contributed by atoms with van der Waals surface area (Å²) < 4.78 is 58.3. The second kappa shape index (κ2) is 10.2. The zero-order chi connectivity index (χ0) is 24.2. The molecule has 33 heavy (non-hydrogen) atoms. The first-order valence-corrected chi connectivity index (χ1v) is 13.9. The van der Waals surface area contributed by atoms with Gasteiger partial charge in [0, 0.05) is 18.8 Å². The Morgan fingerprint density at radius 2 is 1.61 bits per heavy atom. The van der Waals surface area contributed by atoms with Gasteiger partial charge in [0.25, 0.3) is 0 Å². The maximum absolute atomic E-state index is 13.0. The molecular formula is C22H29N3O6S2. The van der Waals surface area contributed by atoms with Gasteiger partial charge in [-0.3, -0.25) is 9.10 Å². The molecule has 11 heteroatoms. The lowest BCUT2D eigenvalue weighted by Gasteiger charge is -2.30. The molecule has 2 aromatic carbocycles. The molecule has 9 nitrogen and oxygen atoms in total. The first kappa shape index (κ1) is 25.2. The summed E-state index contributed by atoms with van der Waals surface area (Å²) in [6.07, 6.45) is 1.31. The van der Waals surface area contributed by atoms with Crippen LogP contribution < -0.4 is 9.62 Å². The number of hydrogen-bond donors (Lipinski definition) is 1. The van der Waals surface area contributed by atoms with Crippen LogP contribution >= 0.6 is 0 Å². The van der Waals surface area contributed by atoms with Gasteiger partial charge < -0.3 is 10.1 Å². The van der Waals surface area contributed by atoms with E-state index in [2.05, 4.69) is 5.32 Å². The second-order valence-corrected chi connectivity index (χ2v) is 11.6. The highest BCUT2D eigenvalue weighted by atomic mass is 32.2. The van der Waals surface area contributed by atoms with Crippen LogP contribution in [-0.2, 0) is 29.6 Å². The van der Waals surface area contributed by atoms with Crippen molar-refractivity contribution in [2.75, 3.05) is 42.2 Å². The number of amides is 1. The molecule has 0 spiro atoms. The van der Waals surface area contributed by atoms with Crippen molar-refractivity contribution in [1.29, 1.82) is 0 Å². The van der Waals surface area contributed by atoms with Gasteiger partial charge in [-0.15, -0.1) is 0 Å². The molecular weight excluding hydrogens is 466 g/mol. The van der Waals surface area contributed by atoms with Gasteiger partial charge in [0.15, 0.2) is 0 Å². The fourth-order valence-electron chi connectivity index (χ4n) is 3.62. The van der Waals surface area contributed by atoms with Crippen molar-refractivity contribution in [1.82, 2.24) is 4.31 Å². The third-order valence-electron chi connectivity index (χ3n) is 5.35. The van der Waals surface area contributed by atoms with E-state index >= 15 is 0 Å². The number of ether oxygens (including phenoxy) is 1. The minimum atomic E-state index is -3.74. The summed E-state index contributed by atoms with van der Waals surface area (Å²) in [6, 6.07) is 11.8. The Labute approximate surface area is 195 Å². The molecule has 2 aromatic rings. The van der Waals surface area contributed by atoms with Gasteiger partial charge in [0.1, 0.15) is 6.04 Å². The Bertz CT molecular complexity index is 1170. The molecule has 1 aliphatic heterocycles. The molecule has 0 radical (unpaired) electrons. The zero-order valence-corrected chi connectivity index (χ0v) is 20.5.